The Kier molecular flexibility index (Phi) is 6.62. The average Bonchev–Trinajstić information content (AvgIpc) is 2.69. The van der Waals surface area contributed by atoms with Gasteiger partial charge in [-0.05, 0) is 35.7 Å². The second-order valence-electron chi connectivity index (χ2n) is 6.60. The highest BCUT2D eigenvalue weighted by Gasteiger charge is 2.31. The van der Waals surface area contributed by atoms with Crippen LogP contribution >= 0.6 is 0 Å². The number of rotatable bonds is 7. The van der Waals surface area contributed by atoms with Gasteiger partial charge < -0.3 is 4.74 Å². The van der Waals surface area contributed by atoms with Crippen molar-refractivity contribution in [1.29, 1.82) is 0 Å². The molecule has 0 radical (unpaired) electrons. The highest BCUT2D eigenvalue weighted by Crippen LogP contribution is 2.32. The number of alkyl halides is 2. The van der Waals surface area contributed by atoms with Gasteiger partial charge in [-0.15, -0.1) is 0 Å². The van der Waals surface area contributed by atoms with E-state index in [1.54, 1.807) is 18.5 Å². The molecule has 9 heteroatoms. The summed E-state index contributed by atoms with van der Waals surface area (Å²) in [4.78, 5) is 8.42. The highest BCUT2D eigenvalue weighted by molar-refractivity contribution is 5.69. The van der Waals surface area contributed by atoms with Crippen molar-refractivity contribution in [3.05, 3.63) is 78.1 Å². The van der Waals surface area contributed by atoms with Crippen molar-refractivity contribution < 1.29 is 31.1 Å². The Hall–Kier alpha value is -3.36. The number of benzene rings is 2. The molecule has 31 heavy (non-hydrogen) atoms. The predicted molar refractivity (Wildman–Crippen MR) is 103 cm³/mol. The standard InChI is InChI=1S/C22H16F6N2O/c1-2-3-13-11-29-21(30-12-13)15-4-6-16(17(23)9-15)14-5-7-19(18(24)8-14)31-22(27,28)10-20(25)26/h4-12H,2-3H2,1H3. The van der Waals surface area contributed by atoms with Gasteiger partial charge in [-0.2, -0.15) is 17.6 Å². The van der Waals surface area contributed by atoms with Gasteiger partial charge >= 0.3 is 6.11 Å². The van der Waals surface area contributed by atoms with Crippen molar-refractivity contribution >= 4 is 0 Å². The Bertz CT molecular complexity index is 1100. The predicted octanol–water partition coefficient (Wildman–Crippen LogP) is 6.79. The van der Waals surface area contributed by atoms with E-state index in [1.807, 2.05) is 6.92 Å². The Morgan fingerprint density at radius 2 is 1.61 bits per heavy atom. The van der Waals surface area contributed by atoms with E-state index in [2.05, 4.69) is 14.7 Å². The fourth-order valence-electron chi connectivity index (χ4n) is 2.86. The van der Waals surface area contributed by atoms with E-state index in [0.717, 1.165) is 36.6 Å². The van der Waals surface area contributed by atoms with Gasteiger partial charge in [-0.3, -0.25) is 0 Å². The number of aryl methyl sites for hydroxylation is 1. The van der Waals surface area contributed by atoms with E-state index in [-0.39, 0.29) is 11.1 Å². The second kappa shape index (κ2) is 9.20. The molecule has 2 aromatic carbocycles. The van der Waals surface area contributed by atoms with E-state index in [1.165, 1.54) is 12.1 Å². The molecule has 0 N–H and O–H groups in total. The van der Waals surface area contributed by atoms with Crippen LogP contribution in [0.1, 0.15) is 18.9 Å². The number of halogens is 6. The SMILES string of the molecule is CCCc1cnc(-c2ccc(-c3ccc(OC(F)(F)C=C(F)F)c(F)c3)c(F)c2)nc1. The van der Waals surface area contributed by atoms with Crippen molar-refractivity contribution in [3.8, 4) is 28.3 Å². The summed E-state index contributed by atoms with van der Waals surface area (Å²) in [6.45, 7) is 2.02. The molecule has 3 rings (SSSR count). The van der Waals surface area contributed by atoms with Gasteiger partial charge in [0.15, 0.2) is 17.4 Å². The number of nitrogens with zero attached hydrogens (tertiary/aromatic N) is 2. The van der Waals surface area contributed by atoms with Crippen LogP contribution < -0.4 is 4.74 Å². The summed E-state index contributed by atoms with van der Waals surface area (Å²) in [7, 11) is 0. The van der Waals surface area contributed by atoms with Crippen molar-refractivity contribution in [2.75, 3.05) is 0 Å². The third kappa shape index (κ3) is 5.62. The molecule has 0 bridgehead atoms. The van der Waals surface area contributed by atoms with E-state index in [9.17, 15) is 26.3 Å². The molecule has 1 heterocycles. The molecule has 0 amide bonds. The molecule has 0 spiro atoms. The molecule has 0 aliphatic heterocycles. The second-order valence-corrected chi connectivity index (χ2v) is 6.60. The molecule has 3 nitrogen and oxygen atoms in total. The van der Waals surface area contributed by atoms with Gasteiger partial charge in [-0.1, -0.05) is 31.5 Å². The molecule has 0 atom stereocenters. The lowest BCUT2D eigenvalue weighted by atomic mass is 10.0. The van der Waals surface area contributed by atoms with E-state index < -0.39 is 35.6 Å². The lowest BCUT2D eigenvalue weighted by Crippen LogP contribution is -2.22. The van der Waals surface area contributed by atoms with Crippen LogP contribution in [-0.2, 0) is 6.42 Å². The summed E-state index contributed by atoms with van der Waals surface area (Å²) in [5.74, 6) is -2.61. The van der Waals surface area contributed by atoms with E-state index >= 15 is 0 Å². The molecular weight excluding hydrogens is 422 g/mol. The van der Waals surface area contributed by atoms with Gasteiger partial charge in [0.05, 0.1) is 6.08 Å². The minimum absolute atomic E-state index is 0.00161. The molecule has 3 aromatic rings. The summed E-state index contributed by atoms with van der Waals surface area (Å²) in [5.41, 5.74) is 1.41. The third-order valence-corrected chi connectivity index (χ3v) is 4.24. The maximum absolute atomic E-state index is 14.6. The lowest BCUT2D eigenvalue weighted by molar-refractivity contribution is -0.135. The van der Waals surface area contributed by atoms with Crippen LogP contribution in [0.4, 0.5) is 26.3 Å². The molecule has 0 saturated carbocycles. The summed E-state index contributed by atoms with van der Waals surface area (Å²) in [6, 6.07) is 6.81. The van der Waals surface area contributed by atoms with Crippen molar-refractivity contribution in [2.24, 2.45) is 0 Å². The van der Waals surface area contributed by atoms with Crippen molar-refractivity contribution in [1.82, 2.24) is 9.97 Å². The largest absolute Gasteiger partial charge is 0.426 e. The molecule has 0 saturated heterocycles. The van der Waals surface area contributed by atoms with Crippen LogP contribution in [0.3, 0.4) is 0 Å². The van der Waals surface area contributed by atoms with Crippen LogP contribution in [0, 0.1) is 11.6 Å². The number of ether oxygens (including phenoxy) is 1. The quantitative estimate of drug-likeness (QED) is 0.381. The normalized spacial score (nSPS) is 11.3. The summed E-state index contributed by atoms with van der Waals surface area (Å²) in [6.07, 6.45) is -2.74. The fraction of sp³-hybridized carbons (Fsp3) is 0.182. The zero-order chi connectivity index (χ0) is 22.6. The average molecular weight is 438 g/mol. The Morgan fingerprint density at radius 1 is 0.968 bits per heavy atom. The first-order valence-electron chi connectivity index (χ1n) is 9.20. The van der Waals surface area contributed by atoms with Crippen molar-refractivity contribution in [2.45, 2.75) is 25.9 Å². The zero-order valence-corrected chi connectivity index (χ0v) is 16.2. The highest BCUT2D eigenvalue weighted by atomic mass is 19.3. The summed E-state index contributed by atoms with van der Waals surface area (Å²) in [5, 5.41) is 0. The summed E-state index contributed by atoms with van der Waals surface area (Å²) < 4.78 is 83.4. The molecule has 0 fully saturated rings. The summed E-state index contributed by atoms with van der Waals surface area (Å²) >= 11 is 0. The minimum atomic E-state index is -4.40. The fourth-order valence-corrected chi connectivity index (χ4v) is 2.86. The maximum Gasteiger partial charge on any atom is 0.425 e. The van der Waals surface area contributed by atoms with Gasteiger partial charge in [0, 0.05) is 23.5 Å². The maximum atomic E-state index is 14.6. The number of hydrogen-bond donors (Lipinski definition) is 0. The number of aromatic nitrogens is 2. The number of hydrogen-bond acceptors (Lipinski definition) is 3. The smallest absolute Gasteiger partial charge is 0.425 e. The van der Waals surface area contributed by atoms with E-state index in [0.29, 0.717) is 11.4 Å². The lowest BCUT2D eigenvalue weighted by Gasteiger charge is -2.15. The van der Waals surface area contributed by atoms with Crippen LogP contribution in [-0.4, -0.2) is 16.1 Å². The first kappa shape index (κ1) is 22.3. The minimum Gasteiger partial charge on any atom is -0.426 e. The molecule has 1 aromatic heterocycles. The van der Waals surface area contributed by atoms with Gasteiger partial charge in [0.1, 0.15) is 5.82 Å². The van der Waals surface area contributed by atoms with Crippen LogP contribution in [0.25, 0.3) is 22.5 Å². The van der Waals surface area contributed by atoms with Crippen LogP contribution in [0.5, 0.6) is 5.75 Å². The Balaban J connectivity index is 1.84. The molecule has 0 aliphatic carbocycles. The van der Waals surface area contributed by atoms with Crippen LogP contribution in [0.2, 0.25) is 0 Å². The topological polar surface area (TPSA) is 35.0 Å². The monoisotopic (exact) mass is 438 g/mol. The first-order valence-corrected chi connectivity index (χ1v) is 9.20. The Morgan fingerprint density at radius 3 is 2.19 bits per heavy atom. The van der Waals surface area contributed by atoms with Gasteiger partial charge in [-0.25, -0.2) is 18.7 Å². The first-order chi connectivity index (χ1) is 14.7. The van der Waals surface area contributed by atoms with Gasteiger partial charge in [0.25, 0.3) is 6.08 Å². The van der Waals surface area contributed by atoms with Crippen molar-refractivity contribution in [3.63, 3.8) is 0 Å². The molecule has 0 unspecified atom stereocenters. The van der Waals surface area contributed by atoms with E-state index in [4.69, 9.17) is 0 Å². The third-order valence-electron chi connectivity index (χ3n) is 4.24. The molecular formula is C22H16F6N2O. The molecule has 162 valence electrons. The Labute approximate surface area is 174 Å². The molecule has 0 aliphatic rings. The van der Waals surface area contributed by atoms with Crippen LogP contribution in [0.15, 0.2) is 60.9 Å². The van der Waals surface area contributed by atoms with Gasteiger partial charge in [0.2, 0.25) is 0 Å². The zero-order valence-electron chi connectivity index (χ0n) is 16.2.